The second-order valence-corrected chi connectivity index (χ2v) is 3.89. The van der Waals surface area contributed by atoms with Gasteiger partial charge < -0.3 is 10.6 Å². The van der Waals surface area contributed by atoms with E-state index in [-0.39, 0.29) is 5.84 Å². The van der Waals surface area contributed by atoms with Gasteiger partial charge in [-0.2, -0.15) is 0 Å². The van der Waals surface area contributed by atoms with Gasteiger partial charge in [-0.1, -0.05) is 0 Å². The summed E-state index contributed by atoms with van der Waals surface area (Å²) in [5, 5.41) is 7.25. The van der Waals surface area contributed by atoms with Crippen LogP contribution in [0.3, 0.4) is 0 Å². The second kappa shape index (κ2) is 5.22. The first-order valence-corrected chi connectivity index (χ1v) is 5.43. The number of nitrogens with two attached hydrogens (primary N) is 1. The monoisotopic (exact) mass is 242 g/mol. The lowest BCUT2D eigenvalue weighted by molar-refractivity contribution is 0.886. The number of hydrogen-bond donors (Lipinski definition) is 2. The maximum Gasteiger partial charge on any atom is 0.147 e. The molecule has 3 N–H and O–H groups in total. The Balaban J connectivity index is 2.09. The molecule has 0 fully saturated rings. The number of rotatable bonds is 4. The van der Waals surface area contributed by atoms with Crippen LogP contribution in [0.5, 0.6) is 0 Å². The van der Waals surface area contributed by atoms with E-state index in [0.717, 1.165) is 17.9 Å². The number of hydrogen-bond acceptors (Lipinski definition) is 5. The zero-order valence-electron chi connectivity index (χ0n) is 10.0. The number of nitrogen functional groups attached to an aromatic ring is 1. The van der Waals surface area contributed by atoms with E-state index >= 15 is 0 Å². The molecule has 2 aromatic heterocycles. The quantitative estimate of drug-likeness (QED) is 0.611. The van der Waals surface area contributed by atoms with Gasteiger partial charge in [0.25, 0.3) is 0 Å². The molecule has 0 saturated carbocycles. The molecule has 0 spiro atoms. The highest BCUT2D eigenvalue weighted by molar-refractivity contribution is 5.92. The molecule has 0 radical (unpaired) electrons. The summed E-state index contributed by atoms with van der Waals surface area (Å²) >= 11 is 0. The third kappa shape index (κ3) is 2.79. The molecule has 2 rings (SSSR count). The third-order valence-electron chi connectivity index (χ3n) is 2.47. The Morgan fingerprint density at radius 1 is 1.28 bits per heavy atom. The summed E-state index contributed by atoms with van der Waals surface area (Å²) in [6.45, 7) is 0.719. The van der Waals surface area contributed by atoms with Gasteiger partial charge in [0.05, 0.1) is 12.4 Å². The molecule has 0 atom stereocenters. The molecule has 92 valence electrons. The second-order valence-electron chi connectivity index (χ2n) is 3.89. The van der Waals surface area contributed by atoms with E-state index in [1.54, 1.807) is 18.6 Å². The Bertz CT molecular complexity index is 522. The van der Waals surface area contributed by atoms with Crippen molar-refractivity contribution in [2.45, 2.75) is 6.54 Å². The van der Waals surface area contributed by atoms with Crippen molar-refractivity contribution in [3.05, 3.63) is 48.2 Å². The van der Waals surface area contributed by atoms with E-state index in [0.29, 0.717) is 5.69 Å². The van der Waals surface area contributed by atoms with Gasteiger partial charge >= 0.3 is 0 Å². The van der Waals surface area contributed by atoms with E-state index in [1.165, 1.54) is 6.20 Å². The Hall–Kier alpha value is -2.50. The Labute approximate surface area is 105 Å². The lowest BCUT2D eigenvalue weighted by Crippen LogP contribution is -2.19. The van der Waals surface area contributed by atoms with E-state index in [2.05, 4.69) is 15.0 Å². The van der Waals surface area contributed by atoms with E-state index in [9.17, 15) is 0 Å². The van der Waals surface area contributed by atoms with Crippen LogP contribution in [0.4, 0.5) is 5.82 Å². The van der Waals surface area contributed by atoms with E-state index in [4.69, 9.17) is 11.1 Å². The Kier molecular flexibility index (Phi) is 3.47. The van der Waals surface area contributed by atoms with Crippen LogP contribution in [-0.2, 0) is 6.54 Å². The molecule has 0 aliphatic rings. The topological polar surface area (TPSA) is 91.8 Å². The molecule has 0 unspecified atom stereocenters. The predicted octanol–water partition coefficient (Wildman–Crippen LogP) is 0.792. The molecule has 2 aromatic rings. The fourth-order valence-corrected chi connectivity index (χ4v) is 1.50. The van der Waals surface area contributed by atoms with Crippen molar-refractivity contribution >= 4 is 11.7 Å². The summed E-state index contributed by atoms with van der Waals surface area (Å²) in [4.78, 5) is 14.2. The summed E-state index contributed by atoms with van der Waals surface area (Å²) in [7, 11) is 1.93. The van der Waals surface area contributed by atoms with Crippen LogP contribution in [-0.4, -0.2) is 27.8 Å². The number of nitrogens with one attached hydrogen (secondary N) is 1. The van der Waals surface area contributed by atoms with Gasteiger partial charge in [-0.15, -0.1) is 0 Å². The molecule has 0 aromatic carbocycles. The minimum absolute atomic E-state index is 0.0779. The maximum atomic E-state index is 7.25. The fourth-order valence-electron chi connectivity index (χ4n) is 1.50. The molecule has 0 aliphatic heterocycles. The molecule has 6 heteroatoms. The van der Waals surface area contributed by atoms with Gasteiger partial charge in [-0.3, -0.25) is 10.4 Å². The van der Waals surface area contributed by atoms with Crippen molar-refractivity contribution in [1.29, 1.82) is 5.41 Å². The number of pyridine rings is 1. The van der Waals surface area contributed by atoms with Gasteiger partial charge in [0.2, 0.25) is 0 Å². The molecule has 0 saturated heterocycles. The average molecular weight is 242 g/mol. The Morgan fingerprint density at radius 2 is 2.00 bits per heavy atom. The first kappa shape index (κ1) is 12.0. The molecule has 2 heterocycles. The summed E-state index contributed by atoms with van der Waals surface area (Å²) in [5.41, 5.74) is 6.85. The van der Waals surface area contributed by atoms with E-state index in [1.807, 2.05) is 24.1 Å². The number of anilines is 1. The first-order chi connectivity index (χ1) is 8.66. The van der Waals surface area contributed by atoms with Crippen LogP contribution in [0.1, 0.15) is 11.3 Å². The lowest BCUT2D eigenvalue weighted by atomic mass is 10.2. The highest BCUT2D eigenvalue weighted by Crippen LogP contribution is 2.10. The molecule has 0 amide bonds. The zero-order valence-corrected chi connectivity index (χ0v) is 10.0. The van der Waals surface area contributed by atoms with E-state index < -0.39 is 0 Å². The summed E-state index contributed by atoms with van der Waals surface area (Å²) in [6, 6.07) is 3.90. The number of amidine groups is 1. The molecular formula is C12H14N6. The van der Waals surface area contributed by atoms with Gasteiger partial charge in [-0.05, 0) is 17.7 Å². The molecule has 0 aliphatic carbocycles. The van der Waals surface area contributed by atoms with Crippen molar-refractivity contribution in [1.82, 2.24) is 15.0 Å². The maximum absolute atomic E-state index is 7.25. The predicted molar refractivity (Wildman–Crippen MR) is 69.4 cm³/mol. The first-order valence-electron chi connectivity index (χ1n) is 5.43. The number of nitrogens with zero attached hydrogens (tertiary/aromatic N) is 4. The van der Waals surface area contributed by atoms with Crippen LogP contribution in [0.25, 0.3) is 0 Å². The van der Waals surface area contributed by atoms with Gasteiger partial charge in [0, 0.05) is 26.0 Å². The molecule has 0 bridgehead atoms. The van der Waals surface area contributed by atoms with Crippen molar-refractivity contribution in [3.8, 4) is 0 Å². The average Bonchev–Trinajstić information content (AvgIpc) is 2.40. The van der Waals surface area contributed by atoms with Gasteiger partial charge in [0.1, 0.15) is 17.3 Å². The molecule has 6 nitrogen and oxygen atoms in total. The van der Waals surface area contributed by atoms with Crippen molar-refractivity contribution < 1.29 is 0 Å². The van der Waals surface area contributed by atoms with Crippen molar-refractivity contribution in [2.24, 2.45) is 5.73 Å². The molecule has 18 heavy (non-hydrogen) atoms. The SMILES string of the molecule is CN(Cc1ccncc1)c1cnc(C(=N)N)cn1. The highest BCUT2D eigenvalue weighted by atomic mass is 15.2. The fraction of sp³-hybridized carbons (Fsp3) is 0.167. The van der Waals surface area contributed by atoms with Crippen molar-refractivity contribution in [3.63, 3.8) is 0 Å². The van der Waals surface area contributed by atoms with Crippen LogP contribution >= 0.6 is 0 Å². The van der Waals surface area contributed by atoms with Crippen LogP contribution in [0.15, 0.2) is 36.9 Å². The van der Waals surface area contributed by atoms with Gasteiger partial charge in [-0.25, -0.2) is 9.97 Å². The molecular weight excluding hydrogens is 228 g/mol. The van der Waals surface area contributed by atoms with Crippen molar-refractivity contribution in [2.75, 3.05) is 11.9 Å². The third-order valence-corrected chi connectivity index (χ3v) is 2.47. The number of aromatic nitrogens is 3. The van der Waals surface area contributed by atoms with Crippen LogP contribution in [0, 0.1) is 5.41 Å². The van der Waals surface area contributed by atoms with Crippen LogP contribution < -0.4 is 10.6 Å². The minimum atomic E-state index is -0.0779. The largest absolute Gasteiger partial charge is 0.382 e. The van der Waals surface area contributed by atoms with Gasteiger partial charge in [0.15, 0.2) is 0 Å². The highest BCUT2D eigenvalue weighted by Gasteiger charge is 2.05. The Morgan fingerprint density at radius 3 is 2.56 bits per heavy atom. The lowest BCUT2D eigenvalue weighted by Gasteiger charge is -2.17. The standard InChI is InChI=1S/C12H14N6/c1-18(8-9-2-4-15-5-3-9)11-7-16-10(6-17-11)12(13)14/h2-7H,8H2,1H3,(H3,13,14). The smallest absolute Gasteiger partial charge is 0.147 e. The summed E-state index contributed by atoms with van der Waals surface area (Å²) in [6.07, 6.45) is 6.63. The van der Waals surface area contributed by atoms with Crippen LogP contribution in [0.2, 0.25) is 0 Å². The summed E-state index contributed by atoms with van der Waals surface area (Å²) < 4.78 is 0. The summed E-state index contributed by atoms with van der Waals surface area (Å²) in [5.74, 6) is 0.655. The zero-order chi connectivity index (χ0) is 13.0. The normalized spacial score (nSPS) is 10.1. The minimum Gasteiger partial charge on any atom is -0.382 e.